The molecule has 0 aromatic heterocycles. The van der Waals surface area contributed by atoms with Gasteiger partial charge in [0.25, 0.3) is 0 Å². The molecule has 0 aliphatic carbocycles. The molecule has 2 atom stereocenters. The van der Waals surface area contributed by atoms with Gasteiger partial charge in [0.1, 0.15) is 0 Å². The third-order valence-corrected chi connectivity index (χ3v) is 12.1. The van der Waals surface area contributed by atoms with Crippen LogP contribution in [0.5, 0.6) is 0 Å². The zero-order chi connectivity index (χ0) is 41.9. The van der Waals surface area contributed by atoms with Crippen LogP contribution in [0.4, 0.5) is 0 Å². The molecule has 0 heterocycles. The van der Waals surface area contributed by atoms with Gasteiger partial charge >= 0.3 is 37.7 Å². The van der Waals surface area contributed by atoms with E-state index < -0.39 is 20.8 Å². The minimum atomic E-state index is -4.57. The Kier molecular flexibility index (Phi) is 52.5. The van der Waals surface area contributed by atoms with Crippen molar-refractivity contribution < 1.29 is 34.3 Å². The van der Waals surface area contributed by atoms with Crippen LogP contribution >= 0.6 is 0 Å². The van der Waals surface area contributed by atoms with Crippen LogP contribution in [0.2, 0.25) is 0 Å². The molecule has 0 aliphatic rings. The first-order valence-corrected chi connectivity index (χ1v) is 26.9. The van der Waals surface area contributed by atoms with E-state index in [2.05, 4.69) is 36.1 Å². The van der Waals surface area contributed by atoms with Gasteiger partial charge in [0.05, 0.1) is 13.2 Å². The molecule has 0 aromatic rings. The summed E-state index contributed by atoms with van der Waals surface area (Å²) in [5.74, 6) is 0.405. The normalized spacial score (nSPS) is 12.9. The number of hydrogen-bond acceptors (Lipinski definition) is 8. The summed E-state index contributed by atoms with van der Waals surface area (Å²) >= 11 is 0. The van der Waals surface area contributed by atoms with E-state index in [1.165, 1.54) is 193 Å². The van der Waals surface area contributed by atoms with Gasteiger partial charge in [-0.25, -0.2) is 16.8 Å². The fraction of sp³-hybridized carbons (Fsp3) is 1.00. The van der Waals surface area contributed by atoms with Crippen LogP contribution < -0.4 is 0 Å². The van der Waals surface area contributed by atoms with Crippen molar-refractivity contribution in [1.82, 2.24) is 0 Å². The Bertz CT molecular complexity index is 903. The Hall–Kier alpha value is 1.000. The van der Waals surface area contributed by atoms with Crippen molar-refractivity contribution >= 4 is 58.5 Å². The zero-order valence-corrected chi connectivity index (χ0v) is 42.1. The quantitative estimate of drug-likeness (QED) is 0.0256. The first-order valence-electron chi connectivity index (χ1n) is 24.2. The average Bonchev–Trinajstić information content (AvgIpc) is 3.15. The predicted octanol–water partition coefficient (Wildman–Crippen LogP) is 14.7. The van der Waals surface area contributed by atoms with Crippen molar-refractivity contribution in [3.05, 3.63) is 0 Å². The van der Waals surface area contributed by atoms with Gasteiger partial charge in [-0.05, 0) is 37.5 Å². The second-order valence-corrected chi connectivity index (χ2v) is 19.0. The maximum atomic E-state index is 10.8. The van der Waals surface area contributed by atoms with E-state index in [1.54, 1.807) is 0 Å². The maximum absolute atomic E-state index is 10.8. The van der Waals surface area contributed by atoms with Gasteiger partial charge in [-0.3, -0.25) is 8.37 Å². The Morgan fingerprint density at radius 1 is 0.316 bits per heavy atom. The molecule has 0 bridgehead atoms. The second kappa shape index (κ2) is 48.0. The molecular weight excluding hydrogens is 785 g/mol. The molecular formula is C46H94CaO8S2. The van der Waals surface area contributed by atoms with E-state index >= 15 is 0 Å². The van der Waals surface area contributed by atoms with Gasteiger partial charge < -0.3 is 9.11 Å². The van der Waals surface area contributed by atoms with Crippen LogP contribution in [0.15, 0.2) is 0 Å². The molecule has 2 unspecified atom stereocenters. The van der Waals surface area contributed by atoms with Crippen molar-refractivity contribution in [2.75, 3.05) is 13.2 Å². The Morgan fingerprint density at radius 3 is 0.632 bits per heavy atom. The number of hydrogen-bond donors (Lipinski definition) is 0. The molecule has 0 aliphatic heterocycles. The van der Waals surface area contributed by atoms with Crippen molar-refractivity contribution in [2.45, 2.75) is 272 Å². The van der Waals surface area contributed by atoms with E-state index in [1.807, 2.05) is 0 Å². The monoisotopic (exact) mass is 879 g/mol. The maximum Gasteiger partial charge on any atom is 2.00 e. The number of rotatable bonds is 44. The number of unbranched alkanes of at least 4 members (excludes halogenated alkanes) is 30. The van der Waals surface area contributed by atoms with Crippen molar-refractivity contribution in [2.24, 2.45) is 11.8 Å². The molecule has 0 N–H and O–H groups in total. The summed E-state index contributed by atoms with van der Waals surface area (Å²) in [6, 6.07) is 0. The molecule has 11 heteroatoms. The van der Waals surface area contributed by atoms with Crippen LogP contribution in [0.3, 0.4) is 0 Å². The topological polar surface area (TPSA) is 133 Å². The largest absolute Gasteiger partial charge is 2.00 e. The fourth-order valence-electron chi connectivity index (χ4n) is 7.60. The summed E-state index contributed by atoms with van der Waals surface area (Å²) < 4.78 is 73.7. The molecule has 0 fully saturated rings. The van der Waals surface area contributed by atoms with Crippen molar-refractivity contribution in [3.8, 4) is 0 Å². The Morgan fingerprint density at radius 2 is 0.474 bits per heavy atom. The van der Waals surface area contributed by atoms with Crippen LogP contribution in [-0.4, -0.2) is 76.9 Å². The summed E-state index contributed by atoms with van der Waals surface area (Å²) in [5.41, 5.74) is 0. The van der Waals surface area contributed by atoms with Crippen LogP contribution in [0, 0.1) is 11.8 Å². The van der Waals surface area contributed by atoms with Crippen LogP contribution in [0.25, 0.3) is 0 Å². The van der Waals surface area contributed by atoms with Crippen molar-refractivity contribution in [3.63, 3.8) is 0 Å². The van der Waals surface area contributed by atoms with Gasteiger partial charge in [0.15, 0.2) is 0 Å². The smallest absolute Gasteiger partial charge is 0.726 e. The van der Waals surface area contributed by atoms with Gasteiger partial charge in [0, 0.05) is 0 Å². The molecule has 0 spiro atoms. The summed E-state index contributed by atoms with van der Waals surface area (Å²) in [4.78, 5) is 0. The Labute approximate surface area is 386 Å². The molecule has 0 radical (unpaired) electrons. The van der Waals surface area contributed by atoms with E-state index in [4.69, 9.17) is 0 Å². The summed E-state index contributed by atoms with van der Waals surface area (Å²) in [6.45, 7) is 9.07. The Balaban J connectivity index is -0.00000101. The molecule has 0 saturated carbocycles. The van der Waals surface area contributed by atoms with Crippen LogP contribution in [0.1, 0.15) is 272 Å². The summed E-state index contributed by atoms with van der Waals surface area (Å²) in [5, 5.41) is 0. The van der Waals surface area contributed by atoms with Crippen LogP contribution in [-0.2, 0) is 29.2 Å². The minimum Gasteiger partial charge on any atom is -0.726 e. The minimum absolute atomic E-state index is 0. The van der Waals surface area contributed by atoms with E-state index in [9.17, 15) is 25.9 Å². The summed E-state index contributed by atoms with van der Waals surface area (Å²) in [7, 11) is -9.13. The molecule has 340 valence electrons. The van der Waals surface area contributed by atoms with Gasteiger partial charge in [-0.2, -0.15) is 0 Å². The zero-order valence-electron chi connectivity index (χ0n) is 38.2. The molecule has 0 rings (SSSR count). The summed E-state index contributed by atoms with van der Waals surface area (Å²) in [6.07, 6.45) is 47.5. The molecule has 57 heavy (non-hydrogen) atoms. The predicted molar refractivity (Wildman–Crippen MR) is 242 cm³/mol. The van der Waals surface area contributed by atoms with Gasteiger partial charge in [0.2, 0.25) is 20.8 Å². The first-order chi connectivity index (χ1) is 27.0. The fourth-order valence-corrected chi connectivity index (χ4v) is 8.32. The van der Waals surface area contributed by atoms with E-state index in [0.29, 0.717) is 0 Å². The second-order valence-electron chi connectivity index (χ2n) is 16.9. The first kappa shape index (κ1) is 62.3. The molecule has 0 aromatic carbocycles. The molecule has 8 nitrogen and oxygen atoms in total. The SMILES string of the molecule is CCCCCCCCCCCCCC(CCCCCCCC)COS(=O)(=O)[O-].CCCCCCCCCCCCCC(CCCCCCCC)COS(=O)(=O)[O-].[Ca+2]. The van der Waals surface area contributed by atoms with E-state index in [0.717, 1.165) is 51.4 Å². The van der Waals surface area contributed by atoms with Gasteiger partial charge in [-0.15, -0.1) is 0 Å². The third-order valence-electron chi connectivity index (χ3n) is 11.3. The van der Waals surface area contributed by atoms with Crippen molar-refractivity contribution in [1.29, 1.82) is 0 Å². The average molecular weight is 879 g/mol. The van der Waals surface area contributed by atoms with E-state index in [-0.39, 0.29) is 62.8 Å². The van der Waals surface area contributed by atoms with Gasteiger partial charge in [-0.1, -0.05) is 246 Å². The molecule has 0 saturated heterocycles. The third kappa shape index (κ3) is 57.0. The molecule has 0 amide bonds. The standard InChI is InChI=1S/2C23H48O4S.Ca/c2*1-3-5-7-9-11-12-13-14-15-17-19-21-23(22-27-28(24,25)26)20-18-16-10-8-6-4-2;/h2*23H,3-22H2,1-2H3,(H,24,25,26);/q;;+2/p-2.